The largest absolute Gasteiger partial charge is 0.435 e. The van der Waals surface area contributed by atoms with Crippen molar-refractivity contribution in [3.8, 4) is 5.75 Å². The molecule has 1 aromatic carbocycles. The number of thiazole rings is 1. The molecule has 1 amide bonds. The van der Waals surface area contributed by atoms with Crippen molar-refractivity contribution in [3.63, 3.8) is 0 Å². The molecule has 6 nitrogen and oxygen atoms in total. The number of hydrogen-bond acceptors (Lipinski definition) is 6. The first-order chi connectivity index (χ1) is 10.9. The van der Waals surface area contributed by atoms with Gasteiger partial charge in [-0.1, -0.05) is 12.1 Å². The summed E-state index contributed by atoms with van der Waals surface area (Å²) in [6, 6.07) is 5.87. The molecule has 0 aliphatic carbocycles. The van der Waals surface area contributed by atoms with Crippen LogP contribution in [-0.2, 0) is 21.2 Å². The smallest absolute Gasteiger partial charge is 0.387 e. The average Bonchev–Trinajstić information content (AvgIpc) is 2.99. The lowest BCUT2D eigenvalue weighted by molar-refractivity contribution is -0.119. The molecule has 0 aliphatic rings. The van der Waals surface area contributed by atoms with Crippen LogP contribution in [0.15, 0.2) is 40.2 Å². The topological polar surface area (TPSA) is 85.4 Å². The van der Waals surface area contributed by atoms with Gasteiger partial charge in [-0.25, -0.2) is 9.71 Å². The number of carbonyl (C=O) groups is 1. The van der Waals surface area contributed by atoms with Gasteiger partial charge in [0.15, 0.2) is 0 Å². The third-order valence-electron chi connectivity index (χ3n) is 2.65. The molecule has 0 bridgehead atoms. The third-order valence-corrected chi connectivity index (χ3v) is 5.23. The Kier molecular flexibility index (Phi) is 5.61. The highest BCUT2D eigenvalue weighted by Gasteiger charge is 2.19. The third kappa shape index (κ3) is 5.25. The van der Waals surface area contributed by atoms with Crippen molar-refractivity contribution in [2.75, 3.05) is 0 Å². The second-order valence-electron chi connectivity index (χ2n) is 4.35. The summed E-state index contributed by atoms with van der Waals surface area (Å²) < 4.78 is 53.8. The Labute approximate surface area is 135 Å². The van der Waals surface area contributed by atoms with Crippen LogP contribution >= 0.6 is 11.3 Å². The molecule has 1 N–H and O–H groups in total. The number of halogens is 2. The van der Waals surface area contributed by atoms with Crippen LogP contribution in [0.3, 0.4) is 0 Å². The van der Waals surface area contributed by atoms with E-state index in [1.807, 2.05) is 4.72 Å². The Balaban J connectivity index is 1.92. The van der Waals surface area contributed by atoms with Crippen LogP contribution in [0, 0.1) is 0 Å². The summed E-state index contributed by atoms with van der Waals surface area (Å²) in [6.45, 7) is -2.93. The van der Waals surface area contributed by atoms with Crippen LogP contribution in [-0.4, -0.2) is 25.9 Å². The molecule has 2 rings (SSSR count). The summed E-state index contributed by atoms with van der Waals surface area (Å²) in [7, 11) is -3.96. The Morgan fingerprint density at radius 2 is 2.17 bits per heavy atom. The molecule has 124 valence electrons. The van der Waals surface area contributed by atoms with E-state index in [0.29, 0.717) is 5.56 Å². The Bertz CT molecular complexity index is 764. The fraction of sp³-hybridized carbons (Fsp3) is 0.231. The van der Waals surface area contributed by atoms with Gasteiger partial charge in [0.2, 0.25) is 10.2 Å². The molecule has 1 aromatic heterocycles. The van der Waals surface area contributed by atoms with Crippen molar-refractivity contribution in [2.24, 2.45) is 0 Å². The van der Waals surface area contributed by atoms with E-state index in [4.69, 9.17) is 0 Å². The van der Waals surface area contributed by atoms with E-state index in [0.717, 1.165) is 11.3 Å². The number of alkyl halides is 2. The van der Waals surface area contributed by atoms with E-state index in [1.165, 1.54) is 29.8 Å². The van der Waals surface area contributed by atoms with Crippen LogP contribution in [0.2, 0.25) is 0 Å². The number of nitrogens with zero attached hydrogens (tertiary/aromatic N) is 1. The molecule has 0 saturated heterocycles. The summed E-state index contributed by atoms with van der Waals surface area (Å²) in [4.78, 5) is 15.4. The molecule has 2 aromatic rings. The molecule has 0 aliphatic heterocycles. The van der Waals surface area contributed by atoms with Crippen LogP contribution < -0.4 is 9.46 Å². The van der Waals surface area contributed by atoms with Crippen molar-refractivity contribution in [1.82, 2.24) is 9.71 Å². The molecular formula is C13H12F2N2O4S2. The molecule has 10 heteroatoms. The minimum Gasteiger partial charge on any atom is -0.435 e. The summed E-state index contributed by atoms with van der Waals surface area (Å²) in [5, 5.41) is 1.48. The summed E-state index contributed by atoms with van der Waals surface area (Å²) in [6.07, 6.45) is 1.38. The molecule has 0 unspecified atom stereocenters. The molecule has 0 fully saturated rings. The van der Waals surface area contributed by atoms with Gasteiger partial charge in [0.1, 0.15) is 5.75 Å². The number of ether oxygens (including phenoxy) is 1. The number of aromatic nitrogens is 1. The first-order valence-electron chi connectivity index (χ1n) is 6.36. The zero-order chi connectivity index (χ0) is 16.9. The molecule has 23 heavy (non-hydrogen) atoms. The molecule has 0 atom stereocenters. The molecule has 0 radical (unpaired) electrons. The van der Waals surface area contributed by atoms with E-state index in [9.17, 15) is 22.0 Å². The van der Waals surface area contributed by atoms with E-state index >= 15 is 0 Å². The van der Waals surface area contributed by atoms with Gasteiger partial charge in [0, 0.05) is 18.0 Å². The fourth-order valence-electron chi connectivity index (χ4n) is 1.72. The quantitative estimate of drug-likeness (QED) is 0.816. The maximum absolute atomic E-state index is 12.1. The molecule has 0 saturated carbocycles. The number of rotatable bonds is 7. The molecular weight excluding hydrogens is 350 g/mol. The van der Waals surface area contributed by atoms with Crippen LogP contribution in [0.25, 0.3) is 0 Å². The van der Waals surface area contributed by atoms with Crippen molar-refractivity contribution < 1.29 is 26.7 Å². The van der Waals surface area contributed by atoms with E-state index in [2.05, 4.69) is 9.72 Å². The highest BCUT2D eigenvalue weighted by molar-refractivity contribution is 7.92. The highest BCUT2D eigenvalue weighted by Crippen LogP contribution is 2.17. The minimum atomic E-state index is -3.96. The fourth-order valence-corrected chi connectivity index (χ4v) is 3.57. The zero-order valence-electron chi connectivity index (χ0n) is 11.6. The Morgan fingerprint density at radius 3 is 2.83 bits per heavy atom. The van der Waals surface area contributed by atoms with Gasteiger partial charge in [-0.2, -0.15) is 17.2 Å². The normalized spacial score (nSPS) is 11.4. The molecule has 1 heterocycles. The maximum Gasteiger partial charge on any atom is 0.387 e. The summed E-state index contributed by atoms with van der Waals surface area (Å²) in [5.41, 5.74) is 0.574. The number of benzene rings is 1. The second-order valence-corrected chi connectivity index (χ2v) is 7.10. The highest BCUT2D eigenvalue weighted by atomic mass is 32.2. The van der Waals surface area contributed by atoms with Crippen molar-refractivity contribution in [3.05, 3.63) is 41.4 Å². The SMILES string of the molecule is O=C(CCc1cccc(OC(F)F)c1)NS(=O)(=O)c1nccs1. The summed E-state index contributed by atoms with van der Waals surface area (Å²) in [5.74, 6) is -0.728. The lowest BCUT2D eigenvalue weighted by Crippen LogP contribution is -2.30. The molecule has 0 spiro atoms. The van der Waals surface area contributed by atoms with E-state index in [1.54, 1.807) is 6.07 Å². The van der Waals surface area contributed by atoms with E-state index < -0.39 is 22.5 Å². The van der Waals surface area contributed by atoms with Gasteiger partial charge in [-0.15, -0.1) is 11.3 Å². The predicted octanol–water partition coefficient (Wildman–Crippen LogP) is 2.18. The number of amides is 1. The van der Waals surface area contributed by atoms with Crippen molar-refractivity contribution in [1.29, 1.82) is 0 Å². The van der Waals surface area contributed by atoms with E-state index in [-0.39, 0.29) is 22.9 Å². The zero-order valence-corrected chi connectivity index (χ0v) is 13.2. The minimum absolute atomic E-state index is 0.0201. The van der Waals surface area contributed by atoms with Crippen LogP contribution in [0.4, 0.5) is 8.78 Å². The van der Waals surface area contributed by atoms with Gasteiger partial charge in [0.25, 0.3) is 10.0 Å². The first kappa shape index (κ1) is 17.3. The Hall–Kier alpha value is -2.07. The van der Waals surface area contributed by atoms with Crippen LogP contribution in [0.5, 0.6) is 5.75 Å². The van der Waals surface area contributed by atoms with Gasteiger partial charge < -0.3 is 4.74 Å². The number of sulfonamides is 1. The van der Waals surface area contributed by atoms with Gasteiger partial charge in [-0.3, -0.25) is 4.79 Å². The van der Waals surface area contributed by atoms with Crippen LogP contribution in [0.1, 0.15) is 12.0 Å². The summed E-state index contributed by atoms with van der Waals surface area (Å²) >= 11 is 0.893. The average molecular weight is 362 g/mol. The van der Waals surface area contributed by atoms with Crippen molar-refractivity contribution in [2.45, 2.75) is 23.8 Å². The van der Waals surface area contributed by atoms with Gasteiger partial charge in [-0.05, 0) is 24.1 Å². The Morgan fingerprint density at radius 1 is 1.39 bits per heavy atom. The monoisotopic (exact) mass is 362 g/mol. The first-order valence-corrected chi connectivity index (χ1v) is 8.72. The van der Waals surface area contributed by atoms with Gasteiger partial charge in [0.05, 0.1) is 0 Å². The number of aryl methyl sites for hydroxylation is 1. The predicted molar refractivity (Wildman–Crippen MR) is 78.8 cm³/mol. The maximum atomic E-state index is 12.1. The lowest BCUT2D eigenvalue weighted by Gasteiger charge is -2.07. The lowest BCUT2D eigenvalue weighted by atomic mass is 10.1. The second kappa shape index (κ2) is 7.47. The number of carbonyl (C=O) groups excluding carboxylic acids is 1. The standard InChI is InChI=1S/C13H12F2N2O4S2/c14-12(15)21-10-3-1-2-9(8-10)4-5-11(18)17-23(19,20)13-16-6-7-22-13/h1-3,6-8,12H,4-5H2,(H,17,18). The number of hydrogen-bond donors (Lipinski definition) is 1. The van der Waals surface area contributed by atoms with Crippen molar-refractivity contribution >= 4 is 27.3 Å². The number of nitrogens with one attached hydrogen (secondary N) is 1. The van der Waals surface area contributed by atoms with Gasteiger partial charge >= 0.3 is 6.61 Å².